The Kier molecular flexibility index (Phi) is 3.89. The van der Waals surface area contributed by atoms with Crippen LogP contribution in [-0.4, -0.2) is 51.8 Å². The molecule has 2 aliphatic heterocycles. The predicted molar refractivity (Wildman–Crippen MR) is 67.8 cm³/mol. The molecule has 3 rings (SSSR count). The lowest BCUT2D eigenvalue weighted by atomic mass is 10.1. The molecule has 3 heterocycles. The van der Waals surface area contributed by atoms with Gasteiger partial charge in [0.05, 0.1) is 6.10 Å². The fraction of sp³-hybridized carbons (Fsp3) is 0.636. The minimum Gasteiger partial charge on any atom is -0.391 e. The summed E-state index contributed by atoms with van der Waals surface area (Å²) in [6.45, 7) is 2.66. The first-order valence-corrected chi connectivity index (χ1v) is 6.00. The second kappa shape index (κ2) is 5.26. The van der Waals surface area contributed by atoms with Crippen LogP contribution in [0.15, 0.2) is 0 Å². The van der Waals surface area contributed by atoms with Gasteiger partial charge < -0.3 is 15.3 Å². The van der Waals surface area contributed by atoms with Gasteiger partial charge in [-0.05, 0) is 6.42 Å². The fourth-order valence-electron chi connectivity index (χ4n) is 2.48. The number of aromatic nitrogens is 2. The molecular weight excluding hydrogens is 256 g/mol. The fourth-order valence-corrected chi connectivity index (χ4v) is 2.48. The number of nitrogens with zero attached hydrogens (tertiary/aromatic N) is 2. The monoisotopic (exact) mass is 272 g/mol. The van der Waals surface area contributed by atoms with Gasteiger partial charge in [0.2, 0.25) is 0 Å². The summed E-state index contributed by atoms with van der Waals surface area (Å²) in [6.07, 6.45) is 1.17. The van der Waals surface area contributed by atoms with Crippen molar-refractivity contribution in [1.82, 2.24) is 20.4 Å². The van der Waals surface area contributed by atoms with Crippen molar-refractivity contribution < 1.29 is 9.90 Å². The van der Waals surface area contributed by atoms with E-state index in [-0.39, 0.29) is 24.4 Å². The van der Waals surface area contributed by atoms with E-state index in [2.05, 4.69) is 15.5 Å². The molecule has 100 valence electrons. The van der Waals surface area contributed by atoms with Crippen LogP contribution in [-0.2, 0) is 13.0 Å². The highest BCUT2D eigenvalue weighted by atomic mass is 35.5. The maximum absolute atomic E-state index is 12.2. The molecule has 0 saturated carbocycles. The van der Waals surface area contributed by atoms with Gasteiger partial charge in [-0.2, -0.15) is 5.10 Å². The molecule has 7 heteroatoms. The second-order valence-electron chi connectivity index (χ2n) is 4.65. The Bertz CT molecular complexity index is 448. The number of fused-ring (bicyclic) bond motifs is 1. The van der Waals surface area contributed by atoms with E-state index in [1.54, 1.807) is 4.90 Å². The topological polar surface area (TPSA) is 81.2 Å². The van der Waals surface area contributed by atoms with Crippen molar-refractivity contribution >= 4 is 18.3 Å². The molecule has 0 bridgehead atoms. The van der Waals surface area contributed by atoms with Crippen molar-refractivity contribution in [3.05, 3.63) is 17.0 Å². The molecule has 1 saturated heterocycles. The number of halogens is 1. The largest absolute Gasteiger partial charge is 0.391 e. The first kappa shape index (κ1) is 13.3. The number of carbonyl (C=O) groups excluding carboxylic acids is 1. The van der Waals surface area contributed by atoms with Crippen molar-refractivity contribution in [3.63, 3.8) is 0 Å². The minimum atomic E-state index is -0.383. The van der Waals surface area contributed by atoms with E-state index in [4.69, 9.17) is 0 Å². The van der Waals surface area contributed by atoms with Crippen molar-refractivity contribution in [2.45, 2.75) is 25.5 Å². The Hall–Kier alpha value is -1.11. The molecule has 3 N–H and O–H groups in total. The maximum Gasteiger partial charge on any atom is 0.274 e. The van der Waals surface area contributed by atoms with E-state index in [0.29, 0.717) is 31.7 Å². The normalized spacial score (nSPS) is 22.5. The van der Waals surface area contributed by atoms with Crippen LogP contribution >= 0.6 is 12.4 Å². The van der Waals surface area contributed by atoms with Gasteiger partial charge in [0.1, 0.15) is 0 Å². The molecule has 0 aromatic carbocycles. The van der Waals surface area contributed by atoms with Crippen LogP contribution in [0.2, 0.25) is 0 Å². The predicted octanol–water partition coefficient (Wildman–Crippen LogP) is -0.316. The lowest BCUT2D eigenvalue weighted by molar-refractivity contribution is 0.0758. The molecule has 0 spiro atoms. The molecule has 2 aliphatic rings. The van der Waals surface area contributed by atoms with Crippen molar-refractivity contribution in [1.29, 1.82) is 0 Å². The summed E-state index contributed by atoms with van der Waals surface area (Å²) in [6, 6.07) is 0. The number of aromatic amines is 1. The van der Waals surface area contributed by atoms with Crippen LogP contribution in [0.4, 0.5) is 0 Å². The standard InChI is InChI=1S/C11H16N4O2.ClH/c16-7-2-4-15(6-7)11(17)10-8-5-12-3-1-9(8)13-14-10;/h7,12,16H,1-6H2,(H,13,14);1H. The lowest BCUT2D eigenvalue weighted by Gasteiger charge is -2.17. The summed E-state index contributed by atoms with van der Waals surface area (Å²) in [5.74, 6) is -0.0669. The van der Waals surface area contributed by atoms with Crippen molar-refractivity contribution in [3.8, 4) is 0 Å². The van der Waals surface area contributed by atoms with Crippen LogP contribution in [0, 0.1) is 0 Å². The second-order valence-corrected chi connectivity index (χ2v) is 4.65. The first-order chi connectivity index (χ1) is 8.25. The third kappa shape index (κ3) is 2.23. The summed E-state index contributed by atoms with van der Waals surface area (Å²) >= 11 is 0. The molecule has 1 aromatic heterocycles. The van der Waals surface area contributed by atoms with E-state index in [1.165, 1.54) is 0 Å². The lowest BCUT2D eigenvalue weighted by Crippen LogP contribution is -2.32. The average molecular weight is 273 g/mol. The molecule has 0 aliphatic carbocycles. The number of hydrogen-bond donors (Lipinski definition) is 3. The first-order valence-electron chi connectivity index (χ1n) is 6.00. The van der Waals surface area contributed by atoms with E-state index >= 15 is 0 Å². The number of aliphatic hydroxyl groups excluding tert-OH is 1. The van der Waals surface area contributed by atoms with Crippen LogP contribution in [0.5, 0.6) is 0 Å². The van der Waals surface area contributed by atoms with E-state index < -0.39 is 0 Å². The van der Waals surface area contributed by atoms with Gasteiger partial charge in [-0.3, -0.25) is 9.89 Å². The van der Waals surface area contributed by atoms with Gasteiger partial charge in [-0.25, -0.2) is 0 Å². The van der Waals surface area contributed by atoms with Gasteiger partial charge in [0.15, 0.2) is 5.69 Å². The molecule has 0 radical (unpaired) electrons. The Balaban J connectivity index is 0.00000120. The van der Waals surface area contributed by atoms with Crippen LogP contribution in [0.25, 0.3) is 0 Å². The van der Waals surface area contributed by atoms with Crippen LogP contribution in [0.3, 0.4) is 0 Å². The highest BCUT2D eigenvalue weighted by Gasteiger charge is 2.29. The van der Waals surface area contributed by atoms with Gasteiger partial charge in [-0.1, -0.05) is 0 Å². The van der Waals surface area contributed by atoms with Crippen LogP contribution in [0.1, 0.15) is 28.2 Å². The SMILES string of the molecule is Cl.O=C(c1n[nH]c2c1CNCC2)N1CCC(O)C1. The zero-order valence-corrected chi connectivity index (χ0v) is 10.8. The summed E-state index contributed by atoms with van der Waals surface area (Å²) < 4.78 is 0. The van der Waals surface area contributed by atoms with Crippen molar-refractivity contribution in [2.24, 2.45) is 0 Å². The maximum atomic E-state index is 12.2. The smallest absolute Gasteiger partial charge is 0.274 e. The third-order valence-corrected chi connectivity index (χ3v) is 3.46. The number of aliphatic hydroxyl groups is 1. The van der Waals surface area contributed by atoms with Crippen molar-refractivity contribution in [2.75, 3.05) is 19.6 Å². The molecule has 1 fully saturated rings. The number of amides is 1. The van der Waals surface area contributed by atoms with E-state index in [9.17, 15) is 9.90 Å². The molecular formula is C11H17ClN4O2. The number of β-amino-alcohol motifs (C(OH)–C–C–N with tert-alkyl or cyclic N) is 1. The zero-order valence-electron chi connectivity index (χ0n) is 9.98. The molecule has 6 nitrogen and oxygen atoms in total. The Morgan fingerprint density at radius 2 is 2.33 bits per heavy atom. The minimum absolute atomic E-state index is 0. The molecule has 1 amide bonds. The summed E-state index contributed by atoms with van der Waals surface area (Å²) in [7, 11) is 0. The number of nitrogens with one attached hydrogen (secondary N) is 2. The van der Waals surface area contributed by atoms with Gasteiger partial charge in [-0.15, -0.1) is 12.4 Å². The summed E-state index contributed by atoms with van der Waals surface area (Å²) in [5, 5.41) is 19.8. The Morgan fingerprint density at radius 3 is 3.06 bits per heavy atom. The molecule has 1 unspecified atom stereocenters. The highest BCUT2D eigenvalue weighted by Crippen LogP contribution is 2.19. The number of rotatable bonds is 1. The summed E-state index contributed by atoms with van der Waals surface area (Å²) in [5.41, 5.74) is 2.57. The molecule has 1 aromatic rings. The zero-order chi connectivity index (χ0) is 11.8. The third-order valence-electron chi connectivity index (χ3n) is 3.46. The van der Waals surface area contributed by atoms with E-state index in [0.717, 1.165) is 24.2 Å². The number of carbonyl (C=O) groups is 1. The Morgan fingerprint density at radius 1 is 1.50 bits per heavy atom. The quantitative estimate of drug-likeness (QED) is 0.655. The van der Waals surface area contributed by atoms with Gasteiger partial charge in [0.25, 0.3) is 5.91 Å². The van der Waals surface area contributed by atoms with E-state index in [1.807, 2.05) is 0 Å². The number of hydrogen-bond acceptors (Lipinski definition) is 4. The molecule has 1 atom stereocenters. The van der Waals surface area contributed by atoms with Gasteiger partial charge >= 0.3 is 0 Å². The average Bonchev–Trinajstić information content (AvgIpc) is 2.94. The molecule has 18 heavy (non-hydrogen) atoms. The van der Waals surface area contributed by atoms with Crippen LogP contribution < -0.4 is 5.32 Å². The van der Waals surface area contributed by atoms with Gasteiger partial charge in [0, 0.05) is 43.9 Å². The Labute approximate surface area is 111 Å². The number of likely N-dealkylation sites (tertiary alicyclic amines) is 1. The highest BCUT2D eigenvalue weighted by molar-refractivity contribution is 5.94. The summed E-state index contributed by atoms with van der Waals surface area (Å²) in [4.78, 5) is 13.9. The number of H-pyrrole nitrogens is 1.